The molecular formula is C12H17ClO3. The van der Waals surface area contributed by atoms with E-state index in [0.29, 0.717) is 0 Å². The van der Waals surface area contributed by atoms with Gasteiger partial charge >= 0.3 is 6.16 Å². The maximum absolute atomic E-state index is 11.1. The van der Waals surface area contributed by atoms with Crippen LogP contribution in [0.3, 0.4) is 0 Å². The van der Waals surface area contributed by atoms with Gasteiger partial charge in [0.15, 0.2) is 0 Å². The van der Waals surface area contributed by atoms with Crippen LogP contribution in [-0.2, 0) is 9.47 Å². The Hall–Kier alpha value is -0.960. The topological polar surface area (TPSA) is 35.5 Å². The molecule has 0 fully saturated rings. The number of allylic oxidation sites excluding steroid dienone is 2. The Labute approximate surface area is 101 Å². The summed E-state index contributed by atoms with van der Waals surface area (Å²) in [6.07, 6.45) is 8.99. The summed E-state index contributed by atoms with van der Waals surface area (Å²) in [5.41, 5.74) is 0. The number of unbranched alkanes of at least 4 members (excludes halogenated alkanes) is 1. The molecule has 0 heterocycles. The molecule has 0 aromatic heterocycles. The van der Waals surface area contributed by atoms with Crippen LogP contribution < -0.4 is 0 Å². The van der Waals surface area contributed by atoms with E-state index in [4.69, 9.17) is 16.3 Å². The van der Waals surface area contributed by atoms with Crippen molar-refractivity contribution in [3.05, 3.63) is 24.3 Å². The van der Waals surface area contributed by atoms with Gasteiger partial charge in [-0.25, -0.2) is 4.79 Å². The van der Waals surface area contributed by atoms with Crippen LogP contribution in [0, 0.1) is 0 Å². The van der Waals surface area contributed by atoms with Crippen LogP contribution in [0.1, 0.15) is 26.2 Å². The molecular weight excluding hydrogens is 228 g/mol. The van der Waals surface area contributed by atoms with Crippen LogP contribution >= 0.6 is 11.6 Å². The Kier molecular flexibility index (Phi) is 4.87. The van der Waals surface area contributed by atoms with Gasteiger partial charge in [-0.1, -0.05) is 38.0 Å². The van der Waals surface area contributed by atoms with Crippen LogP contribution in [0.2, 0.25) is 0 Å². The highest BCUT2D eigenvalue weighted by molar-refractivity contribution is 6.26. The molecule has 1 aliphatic rings. The van der Waals surface area contributed by atoms with Gasteiger partial charge in [-0.15, -0.1) is 11.6 Å². The molecule has 0 aliphatic heterocycles. The molecule has 2 atom stereocenters. The molecule has 4 heteroatoms. The number of hydrogen-bond donors (Lipinski definition) is 0. The van der Waals surface area contributed by atoms with Gasteiger partial charge in [0.25, 0.3) is 0 Å². The summed E-state index contributed by atoms with van der Waals surface area (Å²) in [6, 6.07) is 0. The van der Waals surface area contributed by atoms with E-state index in [1.54, 1.807) is 6.08 Å². The van der Waals surface area contributed by atoms with Gasteiger partial charge < -0.3 is 9.47 Å². The second-order valence-electron chi connectivity index (χ2n) is 3.77. The quantitative estimate of drug-likeness (QED) is 0.561. The Balaban J connectivity index is 2.68. The molecule has 0 saturated heterocycles. The molecule has 1 rings (SSSR count). The van der Waals surface area contributed by atoms with Gasteiger partial charge in [0, 0.05) is 0 Å². The lowest BCUT2D eigenvalue weighted by Crippen LogP contribution is -2.38. The van der Waals surface area contributed by atoms with Crippen molar-refractivity contribution in [2.75, 3.05) is 7.11 Å². The summed E-state index contributed by atoms with van der Waals surface area (Å²) in [6.45, 7) is 2.10. The summed E-state index contributed by atoms with van der Waals surface area (Å²) in [5, 5.41) is 0. The van der Waals surface area contributed by atoms with Crippen LogP contribution in [0.4, 0.5) is 4.79 Å². The first-order chi connectivity index (χ1) is 7.62. The molecule has 90 valence electrons. The predicted octanol–water partition coefficient (Wildman–Crippen LogP) is 3.43. The van der Waals surface area contributed by atoms with Crippen molar-refractivity contribution in [1.29, 1.82) is 0 Å². The first kappa shape index (κ1) is 13.1. The zero-order chi connectivity index (χ0) is 12.0. The molecule has 0 saturated carbocycles. The van der Waals surface area contributed by atoms with E-state index in [9.17, 15) is 4.79 Å². The van der Waals surface area contributed by atoms with Crippen molar-refractivity contribution in [1.82, 2.24) is 0 Å². The zero-order valence-electron chi connectivity index (χ0n) is 9.61. The number of rotatable bonds is 4. The maximum atomic E-state index is 11.1. The number of carbonyl (C=O) groups is 1. The van der Waals surface area contributed by atoms with E-state index < -0.39 is 17.1 Å². The third kappa shape index (κ3) is 3.27. The van der Waals surface area contributed by atoms with Crippen molar-refractivity contribution in [3.63, 3.8) is 0 Å². The predicted molar refractivity (Wildman–Crippen MR) is 63.7 cm³/mol. The number of hydrogen-bond acceptors (Lipinski definition) is 3. The number of halogens is 1. The number of alkyl halides is 1. The highest BCUT2D eigenvalue weighted by Gasteiger charge is 2.36. The highest BCUT2D eigenvalue weighted by Crippen LogP contribution is 2.33. The fourth-order valence-corrected chi connectivity index (χ4v) is 1.92. The molecule has 1 aliphatic carbocycles. The van der Waals surface area contributed by atoms with Crippen LogP contribution in [0.25, 0.3) is 0 Å². The van der Waals surface area contributed by atoms with E-state index >= 15 is 0 Å². The first-order valence-corrected chi connectivity index (χ1v) is 5.79. The minimum absolute atomic E-state index is 0.460. The molecule has 0 aromatic rings. The molecule has 0 spiro atoms. The molecule has 2 unspecified atom stereocenters. The van der Waals surface area contributed by atoms with Crippen molar-refractivity contribution in [2.24, 2.45) is 0 Å². The van der Waals surface area contributed by atoms with Gasteiger partial charge in [0.2, 0.25) is 0 Å². The fourth-order valence-electron chi connectivity index (χ4n) is 1.60. The lowest BCUT2D eigenvalue weighted by atomic mass is 9.91. The number of methoxy groups -OCH3 is 1. The molecule has 0 N–H and O–H groups in total. The van der Waals surface area contributed by atoms with Gasteiger partial charge in [-0.05, 0) is 12.5 Å². The first-order valence-electron chi connectivity index (χ1n) is 5.42. The minimum Gasteiger partial charge on any atom is -0.438 e. The third-order valence-electron chi connectivity index (χ3n) is 2.55. The Morgan fingerprint density at radius 2 is 2.25 bits per heavy atom. The summed E-state index contributed by atoms with van der Waals surface area (Å²) >= 11 is 6.45. The average molecular weight is 245 g/mol. The Morgan fingerprint density at radius 1 is 1.50 bits per heavy atom. The van der Waals surface area contributed by atoms with Gasteiger partial charge in [0.05, 0.1) is 7.11 Å². The van der Waals surface area contributed by atoms with Gasteiger partial charge in [-0.3, -0.25) is 0 Å². The van der Waals surface area contributed by atoms with Crippen molar-refractivity contribution < 1.29 is 14.3 Å². The molecule has 3 nitrogen and oxygen atoms in total. The van der Waals surface area contributed by atoms with Crippen molar-refractivity contribution in [3.8, 4) is 0 Å². The van der Waals surface area contributed by atoms with E-state index in [1.807, 2.05) is 18.2 Å². The largest absolute Gasteiger partial charge is 0.508 e. The van der Waals surface area contributed by atoms with E-state index in [1.165, 1.54) is 7.11 Å². The van der Waals surface area contributed by atoms with Crippen LogP contribution in [-0.4, -0.2) is 24.2 Å². The highest BCUT2D eigenvalue weighted by atomic mass is 35.5. The Bertz CT molecular complexity index is 299. The summed E-state index contributed by atoms with van der Waals surface area (Å²) < 4.78 is 9.59. The van der Waals surface area contributed by atoms with E-state index in [2.05, 4.69) is 11.7 Å². The summed E-state index contributed by atoms with van der Waals surface area (Å²) in [7, 11) is 1.28. The Morgan fingerprint density at radius 3 is 2.88 bits per heavy atom. The van der Waals surface area contributed by atoms with Crippen molar-refractivity contribution in [2.45, 2.75) is 37.2 Å². The standard InChI is InChI=1S/C12H17ClO3/c1-3-4-8-12(13)9-6-5-7-10(12)16-11(14)15-2/h5-7,9-10H,3-4,8H2,1-2H3. The minimum atomic E-state index is -0.702. The maximum Gasteiger partial charge on any atom is 0.508 e. The normalized spacial score (nSPS) is 27.8. The monoisotopic (exact) mass is 244 g/mol. The summed E-state index contributed by atoms with van der Waals surface area (Å²) in [4.78, 5) is 10.4. The lowest BCUT2D eigenvalue weighted by Gasteiger charge is -2.31. The number of ether oxygens (including phenoxy) is 2. The smallest absolute Gasteiger partial charge is 0.438 e. The van der Waals surface area contributed by atoms with Crippen LogP contribution in [0.5, 0.6) is 0 Å². The molecule has 0 radical (unpaired) electrons. The second-order valence-corrected chi connectivity index (χ2v) is 4.47. The van der Waals surface area contributed by atoms with Crippen LogP contribution in [0.15, 0.2) is 24.3 Å². The lowest BCUT2D eigenvalue weighted by molar-refractivity contribution is 0.0421. The third-order valence-corrected chi connectivity index (χ3v) is 3.08. The molecule has 0 aromatic carbocycles. The molecule has 0 amide bonds. The fraction of sp³-hybridized carbons (Fsp3) is 0.583. The number of carbonyl (C=O) groups excluding carboxylic acids is 1. The molecule has 0 bridgehead atoms. The second kappa shape index (κ2) is 5.94. The van der Waals surface area contributed by atoms with E-state index in [-0.39, 0.29) is 0 Å². The average Bonchev–Trinajstić information content (AvgIpc) is 2.29. The van der Waals surface area contributed by atoms with Gasteiger partial charge in [-0.2, -0.15) is 0 Å². The van der Waals surface area contributed by atoms with Gasteiger partial charge in [0.1, 0.15) is 11.0 Å². The summed E-state index contributed by atoms with van der Waals surface area (Å²) in [5.74, 6) is 0. The molecule has 16 heavy (non-hydrogen) atoms. The van der Waals surface area contributed by atoms with Crippen molar-refractivity contribution >= 4 is 17.8 Å². The zero-order valence-corrected chi connectivity index (χ0v) is 10.4. The SMILES string of the molecule is CCCCC1(Cl)C=CC=CC1OC(=O)OC. The van der Waals surface area contributed by atoms with E-state index in [0.717, 1.165) is 19.3 Å².